The Bertz CT molecular complexity index is 449. The highest BCUT2D eigenvalue weighted by Gasteiger charge is 2.30. The summed E-state index contributed by atoms with van der Waals surface area (Å²) in [7, 11) is 1.37. The first-order chi connectivity index (χ1) is 8.93. The van der Waals surface area contributed by atoms with Crippen molar-refractivity contribution in [3.63, 3.8) is 0 Å². The van der Waals surface area contributed by atoms with Crippen molar-refractivity contribution in [3.8, 4) is 0 Å². The highest BCUT2D eigenvalue weighted by atomic mass is 35.5. The number of hydrogen-bond acceptors (Lipinski definition) is 3. The number of esters is 1. The molecule has 0 amide bonds. The molecule has 0 saturated carbocycles. The number of benzene rings is 1. The SMILES string of the molecule is COC(=O)C(C)(C)c1ccc(C(=O)CCCCl)cc1. The zero-order chi connectivity index (χ0) is 14.5. The van der Waals surface area contributed by atoms with Gasteiger partial charge in [0.2, 0.25) is 0 Å². The van der Waals surface area contributed by atoms with Gasteiger partial charge in [-0.25, -0.2) is 0 Å². The highest BCUT2D eigenvalue weighted by Crippen LogP contribution is 2.25. The topological polar surface area (TPSA) is 43.4 Å². The Kier molecular flexibility index (Phi) is 5.55. The van der Waals surface area contributed by atoms with E-state index in [-0.39, 0.29) is 11.8 Å². The van der Waals surface area contributed by atoms with Crippen molar-refractivity contribution in [1.29, 1.82) is 0 Å². The van der Waals surface area contributed by atoms with Gasteiger partial charge >= 0.3 is 5.97 Å². The minimum Gasteiger partial charge on any atom is -0.468 e. The van der Waals surface area contributed by atoms with Gasteiger partial charge in [0.15, 0.2) is 5.78 Å². The molecule has 0 aromatic heterocycles. The van der Waals surface area contributed by atoms with Crippen molar-refractivity contribution in [2.75, 3.05) is 13.0 Å². The summed E-state index contributed by atoms with van der Waals surface area (Å²) in [5.41, 5.74) is 0.759. The average molecular weight is 283 g/mol. The molecule has 0 aliphatic heterocycles. The van der Waals surface area contributed by atoms with Crippen LogP contribution < -0.4 is 0 Å². The lowest BCUT2D eigenvalue weighted by atomic mass is 9.84. The second-order valence-corrected chi connectivity index (χ2v) is 5.29. The van der Waals surface area contributed by atoms with Gasteiger partial charge in [-0.05, 0) is 25.8 Å². The van der Waals surface area contributed by atoms with Crippen molar-refractivity contribution in [3.05, 3.63) is 35.4 Å². The summed E-state index contributed by atoms with van der Waals surface area (Å²) in [5, 5.41) is 0. The lowest BCUT2D eigenvalue weighted by Gasteiger charge is -2.22. The van der Waals surface area contributed by atoms with Crippen LogP contribution in [0.5, 0.6) is 0 Å². The predicted octanol–water partition coefficient (Wildman–Crippen LogP) is 3.34. The van der Waals surface area contributed by atoms with E-state index >= 15 is 0 Å². The molecule has 19 heavy (non-hydrogen) atoms. The molecule has 4 heteroatoms. The Morgan fingerprint density at radius 3 is 2.26 bits per heavy atom. The molecule has 0 aliphatic carbocycles. The molecule has 0 saturated heterocycles. The lowest BCUT2D eigenvalue weighted by molar-refractivity contribution is -0.146. The maximum Gasteiger partial charge on any atom is 0.315 e. The smallest absolute Gasteiger partial charge is 0.315 e. The molecule has 0 bridgehead atoms. The fourth-order valence-corrected chi connectivity index (χ4v) is 1.95. The molecule has 1 aromatic rings. The van der Waals surface area contributed by atoms with Gasteiger partial charge in [0, 0.05) is 17.9 Å². The molecular weight excluding hydrogens is 264 g/mol. The fourth-order valence-electron chi connectivity index (χ4n) is 1.82. The molecule has 3 nitrogen and oxygen atoms in total. The van der Waals surface area contributed by atoms with E-state index in [0.717, 1.165) is 5.56 Å². The molecular formula is C15H19ClO3. The number of methoxy groups -OCH3 is 1. The van der Waals surface area contributed by atoms with E-state index in [1.807, 2.05) is 0 Å². The number of ether oxygens (including phenoxy) is 1. The van der Waals surface area contributed by atoms with Gasteiger partial charge in [-0.15, -0.1) is 11.6 Å². The van der Waals surface area contributed by atoms with Crippen molar-refractivity contribution >= 4 is 23.4 Å². The molecule has 104 valence electrons. The normalized spacial score (nSPS) is 11.2. The number of alkyl halides is 1. The quantitative estimate of drug-likeness (QED) is 0.457. The number of carbonyl (C=O) groups is 2. The molecule has 0 radical (unpaired) electrons. The summed E-state index contributed by atoms with van der Waals surface area (Å²) in [6, 6.07) is 7.09. The summed E-state index contributed by atoms with van der Waals surface area (Å²) in [6.45, 7) is 3.59. The van der Waals surface area contributed by atoms with E-state index in [1.165, 1.54) is 7.11 Å². The first-order valence-corrected chi connectivity index (χ1v) is 6.75. The molecule has 0 unspecified atom stereocenters. The largest absolute Gasteiger partial charge is 0.468 e. The van der Waals surface area contributed by atoms with Crippen molar-refractivity contribution in [2.45, 2.75) is 32.1 Å². The molecule has 1 aromatic carbocycles. The number of Topliss-reactive ketones (excluding diaryl/α,β-unsaturated/α-hetero) is 1. The number of rotatable bonds is 6. The number of carbonyl (C=O) groups excluding carboxylic acids is 2. The lowest BCUT2D eigenvalue weighted by Crippen LogP contribution is -2.30. The van der Waals surface area contributed by atoms with Crippen LogP contribution in [0.15, 0.2) is 24.3 Å². The summed E-state index contributed by atoms with van der Waals surface area (Å²) in [5.74, 6) is 0.260. The Morgan fingerprint density at radius 1 is 1.21 bits per heavy atom. The first kappa shape index (κ1) is 15.7. The van der Waals surface area contributed by atoms with E-state index in [1.54, 1.807) is 38.1 Å². The van der Waals surface area contributed by atoms with Crippen molar-refractivity contribution < 1.29 is 14.3 Å². The van der Waals surface area contributed by atoms with Crippen LogP contribution >= 0.6 is 11.6 Å². The van der Waals surface area contributed by atoms with Crippen LogP contribution in [0, 0.1) is 0 Å². The molecule has 0 atom stereocenters. The van der Waals surface area contributed by atoms with Gasteiger partial charge in [0.1, 0.15) is 0 Å². The van der Waals surface area contributed by atoms with Crippen molar-refractivity contribution in [2.24, 2.45) is 0 Å². The fraction of sp³-hybridized carbons (Fsp3) is 0.467. The average Bonchev–Trinajstić information content (AvgIpc) is 2.43. The van der Waals surface area contributed by atoms with Crippen LogP contribution in [0.4, 0.5) is 0 Å². The number of ketones is 1. The minimum absolute atomic E-state index is 0.0723. The molecule has 0 fully saturated rings. The Balaban J connectivity index is 2.87. The number of halogens is 1. The molecule has 0 N–H and O–H groups in total. The van der Waals surface area contributed by atoms with Gasteiger partial charge in [-0.1, -0.05) is 24.3 Å². The van der Waals surface area contributed by atoms with Crippen LogP contribution in [-0.2, 0) is 14.9 Å². The van der Waals surface area contributed by atoms with Gasteiger partial charge in [0.25, 0.3) is 0 Å². The molecule has 1 rings (SSSR count). The van der Waals surface area contributed by atoms with Crippen LogP contribution in [-0.4, -0.2) is 24.7 Å². The zero-order valence-corrected chi connectivity index (χ0v) is 12.3. The second-order valence-electron chi connectivity index (χ2n) is 4.91. The monoisotopic (exact) mass is 282 g/mol. The Labute approximate surface area is 118 Å². The van der Waals surface area contributed by atoms with E-state index in [9.17, 15) is 9.59 Å². The van der Waals surface area contributed by atoms with Crippen LogP contribution in [0.3, 0.4) is 0 Å². The Morgan fingerprint density at radius 2 is 1.79 bits per heavy atom. The third kappa shape index (κ3) is 3.80. The molecule has 0 spiro atoms. The van der Waals surface area contributed by atoms with Gasteiger partial charge < -0.3 is 4.74 Å². The predicted molar refractivity (Wildman–Crippen MR) is 75.8 cm³/mol. The highest BCUT2D eigenvalue weighted by molar-refractivity contribution is 6.18. The third-order valence-corrected chi connectivity index (χ3v) is 3.43. The Hall–Kier alpha value is -1.35. The third-order valence-electron chi connectivity index (χ3n) is 3.16. The van der Waals surface area contributed by atoms with Crippen LogP contribution in [0.1, 0.15) is 42.6 Å². The van der Waals surface area contributed by atoms with E-state index in [0.29, 0.717) is 24.3 Å². The maximum absolute atomic E-state index is 11.8. The zero-order valence-electron chi connectivity index (χ0n) is 11.5. The standard InChI is InChI=1S/C15H19ClO3/c1-15(2,14(18)19-3)12-8-6-11(7-9-12)13(17)5-4-10-16/h6-9H,4-5,10H2,1-3H3. The van der Waals surface area contributed by atoms with Gasteiger partial charge in [-0.2, -0.15) is 0 Å². The molecule has 0 aliphatic rings. The summed E-state index contributed by atoms with van der Waals surface area (Å²) in [6.07, 6.45) is 1.12. The maximum atomic E-state index is 11.8. The summed E-state index contributed by atoms with van der Waals surface area (Å²) >= 11 is 5.57. The number of hydrogen-bond donors (Lipinski definition) is 0. The van der Waals surface area contributed by atoms with E-state index < -0.39 is 5.41 Å². The van der Waals surface area contributed by atoms with Crippen molar-refractivity contribution in [1.82, 2.24) is 0 Å². The molecule has 0 heterocycles. The van der Waals surface area contributed by atoms with E-state index in [4.69, 9.17) is 16.3 Å². The van der Waals surface area contributed by atoms with Gasteiger partial charge in [0.05, 0.1) is 12.5 Å². The van der Waals surface area contributed by atoms with Gasteiger partial charge in [-0.3, -0.25) is 9.59 Å². The second kappa shape index (κ2) is 6.71. The van der Waals surface area contributed by atoms with Crippen LogP contribution in [0.2, 0.25) is 0 Å². The minimum atomic E-state index is -0.716. The van der Waals surface area contributed by atoms with Crippen LogP contribution in [0.25, 0.3) is 0 Å². The van der Waals surface area contributed by atoms with E-state index in [2.05, 4.69) is 0 Å². The first-order valence-electron chi connectivity index (χ1n) is 6.21. The summed E-state index contributed by atoms with van der Waals surface area (Å²) < 4.78 is 4.78. The summed E-state index contributed by atoms with van der Waals surface area (Å²) in [4.78, 5) is 23.5.